The summed E-state index contributed by atoms with van der Waals surface area (Å²) in [6.07, 6.45) is 9.22. The van der Waals surface area contributed by atoms with Crippen LogP contribution in [0.4, 0.5) is 0 Å². The zero-order chi connectivity index (χ0) is 12.3. The second kappa shape index (κ2) is 5.96. The van der Waals surface area contributed by atoms with Crippen LogP contribution in [0.1, 0.15) is 56.7 Å². The fraction of sp³-hybridized carbons (Fsp3) is 0.833. The van der Waals surface area contributed by atoms with Crippen molar-refractivity contribution in [2.75, 3.05) is 0 Å². The number of rotatable bonds is 3. The monoisotopic (exact) mass is 300 g/mol. The molecule has 2 rings (SSSR count). The summed E-state index contributed by atoms with van der Waals surface area (Å²) < 4.78 is 2.58. The van der Waals surface area contributed by atoms with Crippen molar-refractivity contribution in [1.29, 1.82) is 0 Å². The van der Waals surface area contributed by atoms with Crippen LogP contribution in [-0.4, -0.2) is 15.0 Å². The topological polar surface area (TPSA) is 56.7 Å². The number of nitrogens with zero attached hydrogens (tertiary/aromatic N) is 3. The average Bonchev–Trinajstić information content (AvgIpc) is 2.53. The van der Waals surface area contributed by atoms with Crippen LogP contribution in [0.15, 0.2) is 4.60 Å². The number of hydrogen-bond donors (Lipinski definition) is 1. The number of aromatic nitrogens is 3. The number of aryl methyl sites for hydroxylation is 1. The molecule has 1 aliphatic rings. The minimum absolute atomic E-state index is 0.0486. The number of halogens is 1. The first kappa shape index (κ1) is 13.0. The molecule has 0 saturated heterocycles. The highest BCUT2D eigenvalue weighted by Crippen LogP contribution is 2.31. The van der Waals surface area contributed by atoms with Gasteiger partial charge in [0.05, 0.1) is 5.69 Å². The Labute approximate surface area is 111 Å². The molecule has 1 atom stereocenters. The van der Waals surface area contributed by atoms with Gasteiger partial charge in [-0.1, -0.05) is 43.7 Å². The third-order valence-electron chi connectivity index (χ3n) is 3.74. The Morgan fingerprint density at radius 2 is 2.00 bits per heavy atom. The van der Waals surface area contributed by atoms with Gasteiger partial charge < -0.3 is 5.73 Å². The first-order chi connectivity index (χ1) is 8.18. The molecule has 96 valence electrons. The van der Waals surface area contributed by atoms with E-state index in [0.29, 0.717) is 0 Å². The van der Waals surface area contributed by atoms with Gasteiger partial charge in [-0.15, -0.1) is 5.10 Å². The molecule has 1 heterocycles. The molecule has 1 aliphatic carbocycles. The maximum atomic E-state index is 6.29. The van der Waals surface area contributed by atoms with Crippen molar-refractivity contribution in [2.24, 2.45) is 18.7 Å². The Morgan fingerprint density at radius 1 is 1.35 bits per heavy atom. The minimum atomic E-state index is 0.0486. The van der Waals surface area contributed by atoms with Crippen LogP contribution in [0, 0.1) is 5.92 Å². The molecule has 17 heavy (non-hydrogen) atoms. The maximum absolute atomic E-state index is 6.29. The SMILES string of the molecule is Cn1nnc(Br)c1C(N)CC1CCCCCC1. The Kier molecular flexibility index (Phi) is 4.56. The first-order valence-corrected chi connectivity index (χ1v) is 7.28. The Hall–Kier alpha value is -0.420. The van der Waals surface area contributed by atoms with E-state index in [1.165, 1.54) is 38.5 Å². The van der Waals surface area contributed by atoms with Crippen molar-refractivity contribution < 1.29 is 0 Å². The van der Waals surface area contributed by atoms with Gasteiger partial charge in [-0.05, 0) is 28.3 Å². The van der Waals surface area contributed by atoms with E-state index in [-0.39, 0.29) is 6.04 Å². The van der Waals surface area contributed by atoms with E-state index in [0.717, 1.165) is 22.6 Å². The third-order valence-corrected chi connectivity index (χ3v) is 4.30. The van der Waals surface area contributed by atoms with Crippen molar-refractivity contribution in [1.82, 2.24) is 15.0 Å². The molecule has 1 fully saturated rings. The molecular weight excluding hydrogens is 280 g/mol. The van der Waals surface area contributed by atoms with Crippen LogP contribution >= 0.6 is 15.9 Å². The highest BCUT2D eigenvalue weighted by atomic mass is 79.9. The van der Waals surface area contributed by atoms with E-state index >= 15 is 0 Å². The van der Waals surface area contributed by atoms with Crippen molar-refractivity contribution in [3.63, 3.8) is 0 Å². The van der Waals surface area contributed by atoms with Crippen LogP contribution < -0.4 is 5.73 Å². The molecule has 4 nitrogen and oxygen atoms in total. The van der Waals surface area contributed by atoms with Crippen LogP contribution in [0.2, 0.25) is 0 Å². The summed E-state index contributed by atoms with van der Waals surface area (Å²) in [6.45, 7) is 0. The van der Waals surface area contributed by atoms with Crippen LogP contribution in [0.5, 0.6) is 0 Å². The molecule has 0 aromatic carbocycles. The van der Waals surface area contributed by atoms with Gasteiger partial charge in [-0.3, -0.25) is 0 Å². The van der Waals surface area contributed by atoms with Gasteiger partial charge in [0.1, 0.15) is 0 Å². The predicted octanol–water partition coefficient (Wildman–Crippen LogP) is 2.94. The van der Waals surface area contributed by atoms with Gasteiger partial charge in [0.25, 0.3) is 0 Å². The summed E-state index contributed by atoms with van der Waals surface area (Å²) in [5.74, 6) is 0.772. The largest absolute Gasteiger partial charge is 0.323 e. The van der Waals surface area contributed by atoms with E-state index in [4.69, 9.17) is 5.73 Å². The molecular formula is C12H21BrN4. The Bertz CT molecular complexity index is 336. The van der Waals surface area contributed by atoms with Gasteiger partial charge in [-0.25, -0.2) is 4.68 Å². The van der Waals surface area contributed by atoms with E-state index in [1.807, 2.05) is 7.05 Å². The van der Waals surface area contributed by atoms with E-state index < -0.39 is 0 Å². The molecule has 0 spiro atoms. The number of nitrogens with two attached hydrogens (primary N) is 1. The minimum Gasteiger partial charge on any atom is -0.323 e. The average molecular weight is 301 g/mol. The van der Waals surface area contributed by atoms with Gasteiger partial charge in [0, 0.05) is 13.1 Å². The Balaban J connectivity index is 1.98. The summed E-state index contributed by atoms with van der Waals surface area (Å²) in [4.78, 5) is 0. The molecule has 5 heteroatoms. The van der Waals surface area contributed by atoms with Crippen molar-refractivity contribution in [3.8, 4) is 0 Å². The van der Waals surface area contributed by atoms with Crippen molar-refractivity contribution >= 4 is 15.9 Å². The normalized spacial score (nSPS) is 20.2. The van der Waals surface area contributed by atoms with Crippen LogP contribution in [-0.2, 0) is 7.05 Å². The van der Waals surface area contributed by atoms with Crippen LogP contribution in [0.3, 0.4) is 0 Å². The smallest absolute Gasteiger partial charge is 0.153 e. The van der Waals surface area contributed by atoms with Gasteiger partial charge in [0.15, 0.2) is 4.60 Å². The van der Waals surface area contributed by atoms with Crippen LogP contribution in [0.25, 0.3) is 0 Å². The first-order valence-electron chi connectivity index (χ1n) is 6.49. The molecule has 1 saturated carbocycles. The van der Waals surface area contributed by atoms with Crippen molar-refractivity contribution in [2.45, 2.75) is 51.0 Å². The molecule has 0 aliphatic heterocycles. The molecule has 0 amide bonds. The third kappa shape index (κ3) is 3.28. The van der Waals surface area contributed by atoms with E-state index in [2.05, 4.69) is 26.2 Å². The van der Waals surface area contributed by atoms with Gasteiger partial charge in [0.2, 0.25) is 0 Å². The molecule has 0 radical (unpaired) electrons. The summed E-state index contributed by atoms with van der Waals surface area (Å²) >= 11 is 3.42. The Morgan fingerprint density at radius 3 is 2.53 bits per heavy atom. The summed E-state index contributed by atoms with van der Waals surface area (Å²) in [5, 5.41) is 7.99. The highest BCUT2D eigenvalue weighted by molar-refractivity contribution is 9.10. The lowest BCUT2D eigenvalue weighted by Gasteiger charge is -2.19. The second-order valence-electron chi connectivity index (χ2n) is 5.09. The molecule has 1 aromatic heterocycles. The number of hydrogen-bond acceptors (Lipinski definition) is 3. The zero-order valence-corrected chi connectivity index (χ0v) is 12.0. The molecule has 0 bridgehead atoms. The highest BCUT2D eigenvalue weighted by Gasteiger charge is 2.21. The second-order valence-corrected chi connectivity index (χ2v) is 5.84. The maximum Gasteiger partial charge on any atom is 0.153 e. The van der Waals surface area contributed by atoms with Crippen molar-refractivity contribution in [3.05, 3.63) is 10.3 Å². The standard InChI is InChI=1S/C12H21BrN4/c1-17-11(12(13)15-16-17)10(14)8-9-6-4-2-3-5-7-9/h9-10H,2-8,14H2,1H3. The quantitative estimate of drug-likeness (QED) is 0.873. The van der Waals surface area contributed by atoms with Gasteiger partial charge in [-0.2, -0.15) is 0 Å². The molecule has 1 aromatic rings. The summed E-state index contributed by atoms with van der Waals surface area (Å²) in [7, 11) is 1.90. The lowest BCUT2D eigenvalue weighted by molar-refractivity contribution is 0.383. The molecule has 2 N–H and O–H groups in total. The predicted molar refractivity (Wildman–Crippen MR) is 71.4 cm³/mol. The summed E-state index contributed by atoms with van der Waals surface area (Å²) in [5.41, 5.74) is 7.31. The van der Waals surface area contributed by atoms with E-state index in [9.17, 15) is 0 Å². The fourth-order valence-corrected chi connectivity index (χ4v) is 3.42. The fourth-order valence-electron chi connectivity index (χ4n) is 2.80. The zero-order valence-electron chi connectivity index (χ0n) is 10.4. The van der Waals surface area contributed by atoms with E-state index in [1.54, 1.807) is 4.68 Å². The van der Waals surface area contributed by atoms with Gasteiger partial charge >= 0.3 is 0 Å². The molecule has 1 unspecified atom stereocenters. The lowest BCUT2D eigenvalue weighted by atomic mass is 9.92. The summed E-state index contributed by atoms with van der Waals surface area (Å²) in [6, 6.07) is 0.0486. The lowest BCUT2D eigenvalue weighted by Crippen LogP contribution is -2.19.